The molecule has 2 unspecified atom stereocenters. The van der Waals surface area contributed by atoms with Crippen molar-refractivity contribution in [1.82, 2.24) is 10.2 Å². The number of likely N-dealkylation sites (tertiary alicyclic amines) is 1. The summed E-state index contributed by atoms with van der Waals surface area (Å²) in [6.07, 6.45) is 2.67. The van der Waals surface area contributed by atoms with E-state index in [9.17, 15) is 18.0 Å². The SMILES string of the molecule is CC(=O)N1CCCC(C(=O)NC(C)c2cccc(NS(C)(=O)=O)c2)C1. The largest absolute Gasteiger partial charge is 0.349 e. The van der Waals surface area contributed by atoms with Gasteiger partial charge in [0, 0.05) is 25.7 Å². The number of amides is 2. The summed E-state index contributed by atoms with van der Waals surface area (Å²) in [6, 6.07) is 6.67. The van der Waals surface area contributed by atoms with Gasteiger partial charge < -0.3 is 10.2 Å². The first-order chi connectivity index (χ1) is 11.7. The number of sulfonamides is 1. The summed E-state index contributed by atoms with van der Waals surface area (Å²) in [5.41, 5.74) is 1.27. The lowest BCUT2D eigenvalue weighted by atomic mass is 9.96. The van der Waals surface area contributed by atoms with Crippen LogP contribution in [0.5, 0.6) is 0 Å². The monoisotopic (exact) mass is 367 g/mol. The van der Waals surface area contributed by atoms with Gasteiger partial charge >= 0.3 is 0 Å². The molecule has 0 spiro atoms. The van der Waals surface area contributed by atoms with Gasteiger partial charge in [0.05, 0.1) is 18.2 Å². The lowest BCUT2D eigenvalue weighted by Crippen LogP contribution is -2.45. The van der Waals surface area contributed by atoms with E-state index in [-0.39, 0.29) is 23.8 Å². The van der Waals surface area contributed by atoms with Crippen LogP contribution in [0.3, 0.4) is 0 Å². The molecule has 7 nitrogen and oxygen atoms in total. The third-order valence-electron chi connectivity index (χ3n) is 4.29. The number of carbonyl (C=O) groups is 2. The summed E-state index contributed by atoms with van der Waals surface area (Å²) < 4.78 is 25.1. The van der Waals surface area contributed by atoms with Crippen molar-refractivity contribution in [2.75, 3.05) is 24.1 Å². The van der Waals surface area contributed by atoms with E-state index >= 15 is 0 Å². The van der Waals surface area contributed by atoms with Crippen LogP contribution in [0.15, 0.2) is 24.3 Å². The van der Waals surface area contributed by atoms with Crippen LogP contribution in [0.25, 0.3) is 0 Å². The summed E-state index contributed by atoms with van der Waals surface area (Å²) in [7, 11) is -3.35. The Hall–Kier alpha value is -2.09. The average molecular weight is 367 g/mol. The smallest absolute Gasteiger partial charge is 0.229 e. The van der Waals surface area contributed by atoms with E-state index in [1.165, 1.54) is 6.92 Å². The Morgan fingerprint density at radius 2 is 2.04 bits per heavy atom. The van der Waals surface area contributed by atoms with E-state index in [1.54, 1.807) is 23.1 Å². The summed E-state index contributed by atoms with van der Waals surface area (Å²) in [4.78, 5) is 25.7. The van der Waals surface area contributed by atoms with Crippen LogP contribution in [-0.2, 0) is 19.6 Å². The van der Waals surface area contributed by atoms with E-state index in [1.807, 2.05) is 13.0 Å². The maximum Gasteiger partial charge on any atom is 0.229 e. The molecule has 0 radical (unpaired) electrons. The molecule has 0 bridgehead atoms. The molecule has 25 heavy (non-hydrogen) atoms. The lowest BCUT2D eigenvalue weighted by molar-refractivity contribution is -0.134. The molecule has 138 valence electrons. The van der Waals surface area contributed by atoms with Gasteiger partial charge in [0.1, 0.15) is 0 Å². The van der Waals surface area contributed by atoms with Gasteiger partial charge in [-0.05, 0) is 37.5 Å². The van der Waals surface area contributed by atoms with Gasteiger partial charge in [0.2, 0.25) is 21.8 Å². The van der Waals surface area contributed by atoms with E-state index < -0.39 is 10.0 Å². The Balaban J connectivity index is 2.01. The molecule has 1 saturated heterocycles. The second kappa shape index (κ2) is 7.86. The molecule has 8 heteroatoms. The van der Waals surface area contributed by atoms with Crippen molar-refractivity contribution in [3.63, 3.8) is 0 Å². The van der Waals surface area contributed by atoms with Gasteiger partial charge in [-0.15, -0.1) is 0 Å². The molecule has 1 aromatic rings. The number of hydrogen-bond acceptors (Lipinski definition) is 4. The molecular formula is C17H25N3O4S. The number of anilines is 1. The second-order valence-corrected chi connectivity index (χ2v) is 8.28. The maximum absolute atomic E-state index is 12.5. The third-order valence-corrected chi connectivity index (χ3v) is 4.89. The Morgan fingerprint density at radius 3 is 2.68 bits per heavy atom. The highest BCUT2D eigenvalue weighted by molar-refractivity contribution is 7.92. The lowest BCUT2D eigenvalue weighted by Gasteiger charge is -2.32. The Labute approximate surface area is 148 Å². The topological polar surface area (TPSA) is 95.6 Å². The van der Waals surface area contributed by atoms with Gasteiger partial charge in [0.25, 0.3) is 0 Å². The van der Waals surface area contributed by atoms with Gasteiger partial charge in [0.15, 0.2) is 0 Å². The number of nitrogens with one attached hydrogen (secondary N) is 2. The maximum atomic E-state index is 12.5. The van der Waals surface area contributed by atoms with Gasteiger partial charge in [-0.2, -0.15) is 0 Å². The van der Waals surface area contributed by atoms with Crippen LogP contribution in [0, 0.1) is 5.92 Å². The van der Waals surface area contributed by atoms with Gasteiger partial charge in [-0.3, -0.25) is 14.3 Å². The summed E-state index contributed by atoms with van der Waals surface area (Å²) in [5.74, 6) is -0.303. The predicted molar refractivity (Wildman–Crippen MR) is 96.4 cm³/mol. The summed E-state index contributed by atoms with van der Waals surface area (Å²) in [6.45, 7) is 4.52. The third kappa shape index (κ3) is 5.74. The molecule has 2 amide bonds. The number of piperidine rings is 1. The van der Waals surface area contributed by atoms with Crippen LogP contribution in [-0.4, -0.2) is 44.5 Å². The van der Waals surface area contributed by atoms with E-state index in [0.29, 0.717) is 18.8 Å². The fourth-order valence-electron chi connectivity index (χ4n) is 2.98. The van der Waals surface area contributed by atoms with E-state index in [0.717, 1.165) is 24.7 Å². The zero-order valence-corrected chi connectivity index (χ0v) is 15.6. The van der Waals surface area contributed by atoms with Crippen molar-refractivity contribution in [3.8, 4) is 0 Å². The molecule has 0 aromatic heterocycles. The average Bonchev–Trinajstić information content (AvgIpc) is 2.53. The highest BCUT2D eigenvalue weighted by Gasteiger charge is 2.27. The Bertz CT molecular complexity index is 748. The number of benzene rings is 1. The van der Waals surface area contributed by atoms with Crippen LogP contribution < -0.4 is 10.0 Å². The predicted octanol–water partition coefficient (Wildman–Crippen LogP) is 1.49. The minimum absolute atomic E-state index is 0.00917. The summed E-state index contributed by atoms with van der Waals surface area (Å²) in [5, 5.41) is 2.96. The highest BCUT2D eigenvalue weighted by atomic mass is 32.2. The molecule has 2 rings (SSSR count). The van der Waals surface area contributed by atoms with Gasteiger partial charge in [-0.1, -0.05) is 12.1 Å². The van der Waals surface area contributed by atoms with Crippen LogP contribution in [0.1, 0.15) is 38.3 Å². The highest BCUT2D eigenvalue weighted by Crippen LogP contribution is 2.21. The van der Waals surface area contributed by atoms with Crippen LogP contribution >= 0.6 is 0 Å². The van der Waals surface area contributed by atoms with Crippen molar-refractivity contribution in [2.45, 2.75) is 32.7 Å². The fourth-order valence-corrected chi connectivity index (χ4v) is 3.53. The standard InChI is InChI=1S/C17H25N3O4S/c1-12(14-6-4-8-16(10-14)19-25(3,23)24)18-17(22)15-7-5-9-20(11-15)13(2)21/h4,6,8,10,12,15,19H,5,7,9,11H2,1-3H3,(H,18,22). The van der Waals surface area contributed by atoms with Crippen LogP contribution in [0.2, 0.25) is 0 Å². The van der Waals surface area contributed by atoms with E-state index in [4.69, 9.17) is 0 Å². The molecule has 0 saturated carbocycles. The van der Waals surface area contributed by atoms with Crippen molar-refractivity contribution >= 4 is 27.5 Å². The van der Waals surface area contributed by atoms with Crippen molar-refractivity contribution in [1.29, 1.82) is 0 Å². The first-order valence-corrected chi connectivity index (χ1v) is 10.2. The van der Waals surface area contributed by atoms with Crippen molar-refractivity contribution in [2.24, 2.45) is 5.92 Å². The molecule has 2 atom stereocenters. The number of rotatable bonds is 5. The summed E-state index contributed by atoms with van der Waals surface area (Å²) >= 11 is 0. The zero-order valence-electron chi connectivity index (χ0n) is 14.8. The molecule has 0 aliphatic carbocycles. The molecule has 1 fully saturated rings. The van der Waals surface area contributed by atoms with E-state index in [2.05, 4.69) is 10.0 Å². The molecule has 1 aliphatic heterocycles. The quantitative estimate of drug-likeness (QED) is 0.824. The number of hydrogen-bond donors (Lipinski definition) is 2. The van der Waals surface area contributed by atoms with Crippen molar-refractivity contribution in [3.05, 3.63) is 29.8 Å². The normalized spacial score (nSPS) is 19.2. The van der Waals surface area contributed by atoms with Crippen LogP contribution in [0.4, 0.5) is 5.69 Å². The number of nitrogens with zero attached hydrogens (tertiary/aromatic N) is 1. The molecule has 1 aromatic carbocycles. The minimum atomic E-state index is -3.35. The Morgan fingerprint density at radius 1 is 1.32 bits per heavy atom. The molecular weight excluding hydrogens is 342 g/mol. The van der Waals surface area contributed by atoms with Gasteiger partial charge in [-0.25, -0.2) is 8.42 Å². The Kier molecular flexibility index (Phi) is 6.05. The minimum Gasteiger partial charge on any atom is -0.349 e. The number of carbonyl (C=O) groups excluding carboxylic acids is 2. The molecule has 1 heterocycles. The van der Waals surface area contributed by atoms with Crippen molar-refractivity contribution < 1.29 is 18.0 Å². The first-order valence-electron chi connectivity index (χ1n) is 8.29. The molecule has 2 N–H and O–H groups in total. The first kappa shape index (κ1) is 19.2. The fraction of sp³-hybridized carbons (Fsp3) is 0.529. The molecule has 1 aliphatic rings. The second-order valence-electron chi connectivity index (χ2n) is 6.53. The zero-order chi connectivity index (χ0) is 18.6.